The lowest BCUT2D eigenvalue weighted by Crippen LogP contribution is -2.30. The van der Waals surface area contributed by atoms with Crippen LogP contribution in [0.1, 0.15) is 56.0 Å². The number of piperidine rings is 1. The molecule has 1 aromatic heterocycles. The molecule has 0 atom stereocenters. The first-order valence-corrected chi connectivity index (χ1v) is 12.8. The molecule has 0 aliphatic carbocycles. The lowest BCUT2D eigenvalue weighted by Gasteiger charge is -2.26. The molecule has 0 radical (unpaired) electrons. The number of hydrogen-bond acceptors (Lipinski definition) is 5. The Kier molecular flexibility index (Phi) is 7.83. The van der Waals surface area contributed by atoms with Crippen molar-refractivity contribution in [2.45, 2.75) is 57.7 Å². The van der Waals surface area contributed by atoms with Gasteiger partial charge < -0.3 is 5.32 Å². The molecule has 7 heteroatoms. The van der Waals surface area contributed by atoms with Crippen molar-refractivity contribution in [3.8, 4) is 5.69 Å². The molecule has 1 saturated heterocycles. The van der Waals surface area contributed by atoms with Gasteiger partial charge in [-0.1, -0.05) is 68.4 Å². The molecule has 3 aromatic rings. The van der Waals surface area contributed by atoms with Crippen LogP contribution < -0.4 is 5.32 Å². The quantitative estimate of drug-likeness (QED) is 0.452. The number of rotatable bonds is 8. The minimum absolute atomic E-state index is 0.0311. The van der Waals surface area contributed by atoms with E-state index < -0.39 is 0 Å². The average molecular weight is 464 g/mol. The third-order valence-corrected chi connectivity index (χ3v) is 6.98. The van der Waals surface area contributed by atoms with Crippen molar-refractivity contribution in [1.29, 1.82) is 0 Å². The molecule has 174 valence electrons. The van der Waals surface area contributed by atoms with Gasteiger partial charge >= 0.3 is 0 Å². The number of hydrogen-bond donors (Lipinski definition) is 1. The van der Waals surface area contributed by atoms with Crippen LogP contribution in [0.3, 0.4) is 0 Å². The first kappa shape index (κ1) is 23.5. The standard InChI is InChI=1S/C26H33N5OS/c1-19(2)22-14-10-11-20(3)25(22)27-24(32)18-33-26-29-28-23(17-30-15-8-5-9-16-30)31(26)21-12-6-4-7-13-21/h4,6-7,10-14,19H,5,8-9,15-18H2,1-3H3,(H,27,32). The van der Waals surface area contributed by atoms with Crippen molar-refractivity contribution in [3.05, 3.63) is 65.5 Å². The fourth-order valence-electron chi connectivity index (χ4n) is 4.30. The summed E-state index contributed by atoms with van der Waals surface area (Å²) in [6, 6.07) is 16.3. The van der Waals surface area contributed by atoms with Crippen molar-refractivity contribution in [3.63, 3.8) is 0 Å². The van der Waals surface area contributed by atoms with Gasteiger partial charge in [0.05, 0.1) is 12.3 Å². The second-order valence-corrected chi connectivity index (χ2v) is 9.88. The summed E-state index contributed by atoms with van der Waals surface area (Å²) in [5.41, 5.74) is 4.19. The topological polar surface area (TPSA) is 63.1 Å². The Balaban J connectivity index is 1.51. The van der Waals surface area contributed by atoms with Crippen LogP contribution in [-0.2, 0) is 11.3 Å². The van der Waals surface area contributed by atoms with E-state index in [0.717, 1.165) is 53.1 Å². The highest BCUT2D eigenvalue weighted by Gasteiger charge is 2.20. The number of anilines is 1. The molecule has 1 aliphatic heterocycles. The molecule has 6 nitrogen and oxygen atoms in total. The van der Waals surface area contributed by atoms with E-state index in [-0.39, 0.29) is 11.7 Å². The second-order valence-electron chi connectivity index (χ2n) is 8.94. The van der Waals surface area contributed by atoms with Crippen molar-refractivity contribution in [2.24, 2.45) is 0 Å². The molecule has 33 heavy (non-hydrogen) atoms. The second kappa shape index (κ2) is 11.0. The number of nitrogens with one attached hydrogen (secondary N) is 1. The Morgan fingerprint density at radius 2 is 1.79 bits per heavy atom. The van der Waals surface area contributed by atoms with Gasteiger partial charge in [0.1, 0.15) is 0 Å². The van der Waals surface area contributed by atoms with Gasteiger partial charge in [0, 0.05) is 11.4 Å². The van der Waals surface area contributed by atoms with Gasteiger partial charge in [0.2, 0.25) is 5.91 Å². The van der Waals surface area contributed by atoms with E-state index in [1.165, 1.54) is 31.0 Å². The number of aromatic nitrogens is 3. The van der Waals surface area contributed by atoms with E-state index in [0.29, 0.717) is 5.92 Å². The maximum Gasteiger partial charge on any atom is 0.234 e. The lowest BCUT2D eigenvalue weighted by atomic mass is 9.98. The van der Waals surface area contributed by atoms with Gasteiger partial charge in [0.25, 0.3) is 0 Å². The molecule has 2 aromatic carbocycles. The first-order chi connectivity index (χ1) is 16.0. The van der Waals surface area contributed by atoms with Crippen LogP contribution in [-0.4, -0.2) is 44.4 Å². The molecule has 0 saturated carbocycles. The maximum absolute atomic E-state index is 12.9. The SMILES string of the molecule is Cc1cccc(C(C)C)c1NC(=O)CSc1nnc(CN2CCCCC2)n1-c1ccccc1. The number of thioether (sulfide) groups is 1. The van der Waals surface area contributed by atoms with E-state index >= 15 is 0 Å². The van der Waals surface area contributed by atoms with Crippen molar-refractivity contribution < 1.29 is 4.79 Å². The third kappa shape index (κ3) is 5.84. The predicted molar refractivity (Wildman–Crippen MR) is 135 cm³/mol. The highest BCUT2D eigenvalue weighted by atomic mass is 32.2. The van der Waals surface area contributed by atoms with E-state index in [4.69, 9.17) is 0 Å². The average Bonchev–Trinajstić information content (AvgIpc) is 3.22. The van der Waals surface area contributed by atoms with E-state index in [2.05, 4.69) is 57.0 Å². The van der Waals surface area contributed by atoms with Crippen molar-refractivity contribution >= 4 is 23.4 Å². The summed E-state index contributed by atoms with van der Waals surface area (Å²) in [6.07, 6.45) is 3.77. The van der Waals surface area contributed by atoms with Crippen LogP contribution in [0, 0.1) is 6.92 Å². The smallest absolute Gasteiger partial charge is 0.234 e. The zero-order valence-electron chi connectivity index (χ0n) is 19.8. The van der Waals surface area contributed by atoms with Crippen LogP contribution in [0.2, 0.25) is 0 Å². The number of likely N-dealkylation sites (tertiary alicyclic amines) is 1. The number of carbonyl (C=O) groups is 1. The van der Waals surface area contributed by atoms with Gasteiger partial charge in [-0.3, -0.25) is 14.3 Å². The van der Waals surface area contributed by atoms with E-state index in [9.17, 15) is 4.79 Å². The molecular weight excluding hydrogens is 430 g/mol. The summed E-state index contributed by atoms with van der Waals surface area (Å²) in [7, 11) is 0. The molecule has 0 bridgehead atoms. The van der Waals surface area contributed by atoms with Crippen LogP contribution in [0.15, 0.2) is 53.7 Å². The Hall–Kier alpha value is -2.64. The number of aryl methyl sites for hydroxylation is 1. The first-order valence-electron chi connectivity index (χ1n) is 11.8. The van der Waals surface area contributed by atoms with E-state index in [1.807, 2.05) is 37.3 Å². The zero-order valence-corrected chi connectivity index (χ0v) is 20.6. The lowest BCUT2D eigenvalue weighted by molar-refractivity contribution is -0.113. The highest BCUT2D eigenvalue weighted by Crippen LogP contribution is 2.28. The number of benzene rings is 2. The largest absolute Gasteiger partial charge is 0.325 e. The third-order valence-electron chi connectivity index (χ3n) is 6.05. The Morgan fingerprint density at radius 1 is 1.03 bits per heavy atom. The van der Waals surface area contributed by atoms with Crippen molar-refractivity contribution in [1.82, 2.24) is 19.7 Å². The van der Waals surface area contributed by atoms with E-state index in [1.54, 1.807) is 0 Å². The molecule has 2 heterocycles. The predicted octanol–water partition coefficient (Wildman–Crippen LogP) is 5.42. The summed E-state index contributed by atoms with van der Waals surface area (Å²) < 4.78 is 2.10. The number of nitrogens with zero attached hydrogens (tertiary/aromatic N) is 4. The molecule has 1 aliphatic rings. The molecular formula is C26H33N5OS. The molecule has 1 amide bonds. The van der Waals surface area contributed by atoms with Crippen LogP contribution in [0.25, 0.3) is 5.69 Å². The van der Waals surface area contributed by atoms with Gasteiger partial charge in [-0.15, -0.1) is 10.2 Å². The Morgan fingerprint density at radius 3 is 2.52 bits per heavy atom. The summed E-state index contributed by atoms with van der Waals surface area (Å²) in [4.78, 5) is 15.3. The van der Waals surface area contributed by atoms with Gasteiger partial charge in [-0.05, 0) is 62.0 Å². The Labute approximate surface area is 200 Å². The highest BCUT2D eigenvalue weighted by molar-refractivity contribution is 7.99. The summed E-state index contributed by atoms with van der Waals surface area (Å²) >= 11 is 1.43. The zero-order chi connectivity index (χ0) is 23.2. The molecule has 1 N–H and O–H groups in total. The number of para-hydroxylation sites is 2. The fraction of sp³-hybridized carbons (Fsp3) is 0.423. The number of carbonyl (C=O) groups excluding carboxylic acids is 1. The Bertz CT molecular complexity index is 1070. The van der Waals surface area contributed by atoms with Crippen LogP contribution in [0.4, 0.5) is 5.69 Å². The number of amides is 1. The minimum Gasteiger partial charge on any atom is -0.325 e. The van der Waals surface area contributed by atoms with Crippen LogP contribution in [0.5, 0.6) is 0 Å². The summed E-state index contributed by atoms with van der Waals surface area (Å²) in [5, 5.41) is 12.9. The normalized spacial score (nSPS) is 14.5. The monoisotopic (exact) mass is 463 g/mol. The fourth-order valence-corrected chi connectivity index (χ4v) is 5.07. The van der Waals surface area contributed by atoms with Crippen LogP contribution >= 0.6 is 11.8 Å². The summed E-state index contributed by atoms with van der Waals surface area (Å²) in [5.74, 6) is 1.51. The van der Waals surface area contributed by atoms with Gasteiger partial charge in [-0.25, -0.2) is 0 Å². The van der Waals surface area contributed by atoms with Gasteiger partial charge in [-0.2, -0.15) is 0 Å². The molecule has 0 unspecified atom stereocenters. The summed E-state index contributed by atoms with van der Waals surface area (Å²) in [6.45, 7) is 9.29. The molecule has 0 spiro atoms. The van der Waals surface area contributed by atoms with Gasteiger partial charge in [0.15, 0.2) is 11.0 Å². The van der Waals surface area contributed by atoms with Crippen molar-refractivity contribution in [2.75, 3.05) is 24.2 Å². The maximum atomic E-state index is 12.9. The molecule has 1 fully saturated rings. The minimum atomic E-state index is -0.0311. The molecule has 4 rings (SSSR count).